The van der Waals surface area contributed by atoms with Crippen molar-refractivity contribution in [2.24, 2.45) is 5.92 Å². The predicted octanol–water partition coefficient (Wildman–Crippen LogP) is 4.63. The summed E-state index contributed by atoms with van der Waals surface area (Å²) < 4.78 is 0. The fourth-order valence-corrected chi connectivity index (χ4v) is 3.48. The van der Waals surface area contributed by atoms with Crippen LogP contribution in [0.1, 0.15) is 53.2 Å². The van der Waals surface area contributed by atoms with Crippen molar-refractivity contribution < 1.29 is 14.7 Å². The molecule has 4 nitrogen and oxygen atoms in total. The van der Waals surface area contributed by atoms with E-state index in [2.05, 4.69) is 5.32 Å². The fraction of sp³-hybridized carbons (Fsp3) is 0.333. The molecule has 2 aromatic rings. The summed E-state index contributed by atoms with van der Waals surface area (Å²) in [5, 5.41) is 13.1. The van der Waals surface area contributed by atoms with Crippen LogP contribution in [0.4, 0.5) is 0 Å². The zero-order valence-corrected chi connectivity index (χ0v) is 15.2. The lowest BCUT2D eigenvalue weighted by Gasteiger charge is -2.34. The monoisotopic (exact) mass is 371 g/mol. The highest BCUT2D eigenvalue weighted by Gasteiger charge is 2.29. The minimum Gasteiger partial charge on any atom is -0.478 e. The van der Waals surface area contributed by atoms with Gasteiger partial charge < -0.3 is 10.4 Å². The van der Waals surface area contributed by atoms with Crippen molar-refractivity contribution in [1.29, 1.82) is 0 Å². The van der Waals surface area contributed by atoms with E-state index in [0.717, 1.165) is 18.4 Å². The molecule has 1 aliphatic rings. The molecule has 2 aromatic carbocycles. The second-order valence-corrected chi connectivity index (χ2v) is 7.19. The van der Waals surface area contributed by atoms with E-state index in [0.29, 0.717) is 22.9 Å². The van der Waals surface area contributed by atoms with Gasteiger partial charge in [0, 0.05) is 11.4 Å². The molecule has 1 unspecified atom stereocenters. The summed E-state index contributed by atoms with van der Waals surface area (Å²) in [6.07, 6.45) is 4.08. The number of carbonyl (C=O) groups excluding carboxylic acids is 1. The van der Waals surface area contributed by atoms with Crippen LogP contribution < -0.4 is 5.32 Å². The van der Waals surface area contributed by atoms with Gasteiger partial charge >= 0.3 is 5.97 Å². The molecule has 1 saturated carbocycles. The first-order valence-corrected chi connectivity index (χ1v) is 9.28. The molecule has 26 heavy (non-hydrogen) atoms. The molecule has 0 bridgehead atoms. The summed E-state index contributed by atoms with van der Waals surface area (Å²) in [7, 11) is 0. The van der Waals surface area contributed by atoms with E-state index in [1.807, 2.05) is 24.3 Å². The third kappa shape index (κ3) is 4.44. The van der Waals surface area contributed by atoms with E-state index >= 15 is 0 Å². The molecule has 5 heteroatoms. The molecular formula is C21H22ClNO3. The first-order valence-electron chi connectivity index (χ1n) is 8.90. The Morgan fingerprint density at radius 2 is 1.81 bits per heavy atom. The highest BCUT2D eigenvalue weighted by molar-refractivity contribution is 6.30. The summed E-state index contributed by atoms with van der Waals surface area (Å²) in [6.45, 7) is 0. The van der Waals surface area contributed by atoms with Crippen LogP contribution in [-0.4, -0.2) is 17.0 Å². The van der Waals surface area contributed by atoms with Crippen molar-refractivity contribution in [2.45, 2.75) is 38.1 Å². The molecule has 0 aromatic heterocycles. The first kappa shape index (κ1) is 18.5. The standard InChI is InChI=1S/C21H22ClNO3/c22-17-11-8-16(9-12-17)20(15-5-3-6-15)23-19(24)13-10-14-4-1-2-7-18(14)21(25)26/h1-2,4,7-9,11-12,15,20H,3,5-6,10,13H2,(H,23,24)(H,25,26). The Labute approximate surface area is 158 Å². The second-order valence-electron chi connectivity index (χ2n) is 6.75. The Balaban J connectivity index is 1.65. The number of hydrogen-bond acceptors (Lipinski definition) is 2. The topological polar surface area (TPSA) is 66.4 Å². The lowest BCUT2D eigenvalue weighted by molar-refractivity contribution is -0.122. The van der Waals surface area contributed by atoms with Gasteiger partial charge in [0.15, 0.2) is 0 Å². The number of carbonyl (C=O) groups is 2. The smallest absolute Gasteiger partial charge is 0.335 e. The fourth-order valence-electron chi connectivity index (χ4n) is 3.36. The third-order valence-corrected chi connectivity index (χ3v) is 5.29. The number of hydrogen-bond donors (Lipinski definition) is 2. The van der Waals surface area contributed by atoms with E-state index in [4.69, 9.17) is 11.6 Å². The van der Waals surface area contributed by atoms with Gasteiger partial charge in [0.1, 0.15) is 0 Å². The average molecular weight is 372 g/mol. The summed E-state index contributed by atoms with van der Waals surface area (Å²) in [6, 6.07) is 14.4. The Morgan fingerprint density at radius 1 is 1.12 bits per heavy atom. The molecule has 1 amide bonds. The van der Waals surface area contributed by atoms with Gasteiger partial charge in [-0.15, -0.1) is 0 Å². The minimum atomic E-state index is -0.963. The number of rotatable bonds is 7. The molecule has 0 saturated heterocycles. The van der Waals surface area contributed by atoms with Gasteiger partial charge in [-0.2, -0.15) is 0 Å². The van der Waals surface area contributed by atoms with Crippen LogP contribution in [0.2, 0.25) is 5.02 Å². The maximum absolute atomic E-state index is 12.5. The van der Waals surface area contributed by atoms with Crippen molar-refractivity contribution in [3.05, 3.63) is 70.2 Å². The summed E-state index contributed by atoms with van der Waals surface area (Å²) >= 11 is 5.97. The van der Waals surface area contributed by atoms with Gasteiger partial charge in [0.05, 0.1) is 11.6 Å². The number of amides is 1. The minimum absolute atomic E-state index is 0.0109. The predicted molar refractivity (Wildman–Crippen MR) is 101 cm³/mol. The van der Waals surface area contributed by atoms with Gasteiger partial charge in [-0.25, -0.2) is 4.79 Å². The Hall–Kier alpha value is -2.33. The maximum atomic E-state index is 12.5. The largest absolute Gasteiger partial charge is 0.478 e. The highest BCUT2D eigenvalue weighted by Crippen LogP contribution is 2.38. The number of aromatic carboxylic acids is 1. The van der Waals surface area contributed by atoms with Crippen LogP contribution in [-0.2, 0) is 11.2 Å². The number of nitrogens with one attached hydrogen (secondary N) is 1. The third-order valence-electron chi connectivity index (χ3n) is 5.04. The average Bonchev–Trinajstić information content (AvgIpc) is 2.59. The molecule has 2 N–H and O–H groups in total. The van der Waals surface area contributed by atoms with E-state index in [1.54, 1.807) is 24.3 Å². The van der Waals surface area contributed by atoms with Crippen LogP contribution in [0.5, 0.6) is 0 Å². The zero-order valence-electron chi connectivity index (χ0n) is 14.5. The molecule has 0 heterocycles. The van der Waals surface area contributed by atoms with Crippen LogP contribution in [0.3, 0.4) is 0 Å². The summed E-state index contributed by atoms with van der Waals surface area (Å²) in [5.74, 6) is -0.571. The Bertz CT molecular complexity index is 784. The first-order chi connectivity index (χ1) is 12.5. The van der Waals surface area contributed by atoms with Crippen molar-refractivity contribution in [3.8, 4) is 0 Å². The number of halogens is 1. The number of carboxylic acids is 1. The van der Waals surface area contributed by atoms with E-state index in [1.165, 1.54) is 6.42 Å². The number of aryl methyl sites for hydroxylation is 1. The second kappa shape index (κ2) is 8.37. The lowest BCUT2D eigenvalue weighted by atomic mass is 9.77. The van der Waals surface area contributed by atoms with Crippen molar-refractivity contribution >= 4 is 23.5 Å². The van der Waals surface area contributed by atoms with Crippen LogP contribution in [0.25, 0.3) is 0 Å². The van der Waals surface area contributed by atoms with Crippen molar-refractivity contribution in [3.63, 3.8) is 0 Å². The molecule has 1 atom stereocenters. The van der Waals surface area contributed by atoms with Gasteiger partial charge in [-0.1, -0.05) is 48.4 Å². The zero-order chi connectivity index (χ0) is 18.5. The number of carboxylic acid groups (broad SMARTS) is 1. The van der Waals surface area contributed by atoms with E-state index in [-0.39, 0.29) is 23.9 Å². The summed E-state index contributed by atoms with van der Waals surface area (Å²) in [4.78, 5) is 23.8. The van der Waals surface area contributed by atoms with Crippen LogP contribution >= 0.6 is 11.6 Å². The normalized spacial score (nSPS) is 15.1. The molecule has 1 aliphatic carbocycles. The molecule has 0 spiro atoms. The maximum Gasteiger partial charge on any atom is 0.335 e. The van der Waals surface area contributed by atoms with E-state index in [9.17, 15) is 14.7 Å². The highest BCUT2D eigenvalue weighted by atomic mass is 35.5. The van der Waals surface area contributed by atoms with Gasteiger partial charge in [-0.3, -0.25) is 4.79 Å². The Kier molecular flexibility index (Phi) is 5.94. The molecule has 136 valence electrons. The van der Waals surface area contributed by atoms with Gasteiger partial charge in [0.25, 0.3) is 0 Å². The quantitative estimate of drug-likeness (QED) is 0.745. The Morgan fingerprint density at radius 3 is 2.42 bits per heavy atom. The lowest BCUT2D eigenvalue weighted by Crippen LogP contribution is -2.36. The summed E-state index contributed by atoms with van der Waals surface area (Å²) in [5.41, 5.74) is 2.01. The van der Waals surface area contributed by atoms with Gasteiger partial charge in [0.2, 0.25) is 5.91 Å². The van der Waals surface area contributed by atoms with Gasteiger partial charge in [-0.05, 0) is 54.5 Å². The molecule has 3 rings (SSSR count). The molecular weight excluding hydrogens is 350 g/mol. The molecule has 1 fully saturated rings. The van der Waals surface area contributed by atoms with Crippen molar-refractivity contribution in [2.75, 3.05) is 0 Å². The number of benzene rings is 2. The van der Waals surface area contributed by atoms with Crippen LogP contribution in [0, 0.1) is 5.92 Å². The molecule has 0 aliphatic heterocycles. The van der Waals surface area contributed by atoms with E-state index < -0.39 is 5.97 Å². The van der Waals surface area contributed by atoms with Crippen molar-refractivity contribution in [1.82, 2.24) is 5.32 Å². The SMILES string of the molecule is O=C(CCc1ccccc1C(=O)O)NC(c1ccc(Cl)cc1)C1CCC1. The van der Waals surface area contributed by atoms with Crippen LogP contribution in [0.15, 0.2) is 48.5 Å². The molecule has 0 radical (unpaired) electrons.